The molecule has 1 saturated heterocycles. The van der Waals surface area contributed by atoms with Crippen LogP contribution in [0, 0.1) is 0 Å². The summed E-state index contributed by atoms with van der Waals surface area (Å²) in [7, 11) is 0. The first kappa shape index (κ1) is 11.8. The normalized spacial score (nSPS) is 23.9. The number of rotatable bonds is 3. The molecule has 1 aliphatic heterocycles. The van der Waals surface area contributed by atoms with Gasteiger partial charge in [0.15, 0.2) is 10.8 Å². The molecule has 18 heavy (non-hydrogen) atoms. The van der Waals surface area contributed by atoms with Crippen molar-refractivity contribution in [3.63, 3.8) is 0 Å². The van der Waals surface area contributed by atoms with Crippen LogP contribution in [0.15, 0.2) is 12.7 Å². The van der Waals surface area contributed by atoms with E-state index in [0.29, 0.717) is 29.3 Å². The van der Waals surface area contributed by atoms with E-state index in [1.807, 2.05) is 4.57 Å². The largest absolute Gasteiger partial charge is 0.396 e. The van der Waals surface area contributed by atoms with Crippen LogP contribution in [0.2, 0.25) is 5.15 Å². The first-order valence-corrected chi connectivity index (χ1v) is 6.24. The van der Waals surface area contributed by atoms with E-state index in [0.717, 1.165) is 6.42 Å². The molecule has 2 aromatic rings. The lowest BCUT2D eigenvalue weighted by molar-refractivity contribution is 0.0699. The van der Waals surface area contributed by atoms with E-state index >= 15 is 0 Å². The maximum Gasteiger partial charge on any atom is 0.165 e. The molecule has 3 rings (SSSR count). The van der Waals surface area contributed by atoms with E-state index in [-0.39, 0.29) is 18.8 Å². The summed E-state index contributed by atoms with van der Waals surface area (Å²) in [4.78, 5) is 12.4. The number of aliphatic hydroxyl groups excluding tert-OH is 1. The Morgan fingerprint density at radius 1 is 1.44 bits per heavy atom. The molecule has 0 radical (unpaired) electrons. The Labute approximate surface area is 109 Å². The van der Waals surface area contributed by atoms with Crippen molar-refractivity contribution >= 4 is 22.8 Å². The summed E-state index contributed by atoms with van der Waals surface area (Å²) in [5, 5.41) is 9.41. The Kier molecular flexibility index (Phi) is 3.15. The van der Waals surface area contributed by atoms with E-state index < -0.39 is 0 Å². The molecule has 2 atom stereocenters. The summed E-state index contributed by atoms with van der Waals surface area (Å²) in [6.07, 6.45) is 4.65. The third kappa shape index (κ3) is 1.86. The molecule has 96 valence electrons. The van der Waals surface area contributed by atoms with Gasteiger partial charge in [0.25, 0.3) is 0 Å². The lowest BCUT2D eigenvalue weighted by atomic mass is 10.1. The number of aliphatic hydroxyl groups is 1. The fourth-order valence-corrected chi connectivity index (χ4v) is 2.60. The minimum atomic E-state index is 0.00106. The number of halogens is 1. The number of imidazole rings is 1. The molecular formula is C11H13ClN4O2. The van der Waals surface area contributed by atoms with Crippen LogP contribution in [-0.4, -0.2) is 43.9 Å². The van der Waals surface area contributed by atoms with Crippen molar-refractivity contribution in [2.75, 3.05) is 13.2 Å². The SMILES string of the molecule is OCC[C@@H]1OCC[C@@H]1n1cnc2c(Cl)ncnc21. The van der Waals surface area contributed by atoms with Crippen LogP contribution < -0.4 is 0 Å². The van der Waals surface area contributed by atoms with Crippen molar-refractivity contribution in [3.05, 3.63) is 17.8 Å². The van der Waals surface area contributed by atoms with E-state index in [1.54, 1.807) is 6.33 Å². The molecule has 6 nitrogen and oxygen atoms in total. The van der Waals surface area contributed by atoms with Gasteiger partial charge in [-0.1, -0.05) is 11.6 Å². The average molecular weight is 269 g/mol. The summed E-state index contributed by atoms with van der Waals surface area (Å²) in [6, 6.07) is 0.146. The van der Waals surface area contributed by atoms with Crippen molar-refractivity contribution in [1.82, 2.24) is 19.5 Å². The van der Waals surface area contributed by atoms with Gasteiger partial charge in [-0.05, 0) is 12.8 Å². The van der Waals surface area contributed by atoms with Crippen molar-refractivity contribution in [2.24, 2.45) is 0 Å². The number of hydrogen-bond acceptors (Lipinski definition) is 5. The third-order valence-electron chi connectivity index (χ3n) is 3.26. The molecule has 0 amide bonds. The lowest BCUT2D eigenvalue weighted by Crippen LogP contribution is -2.21. The molecule has 7 heteroatoms. The molecule has 0 unspecified atom stereocenters. The van der Waals surface area contributed by atoms with Crippen molar-refractivity contribution in [2.45, 2.75) is 25.0 Å². The first-order chi connectivity index (χ1) is 8.81. The number of aromatic nitrogens is 4. The van der Waals surface area contributed by atoms with Crippen LogP contribution in [0.4, 0.5) is 0 Å². The van der Waals surface area contributed by atoms with E-state index in [2.05, 4.69) is 15.0 Å². The van der Waals surface area contributed by atoms with Crippen molar-refractivity contribution < 1.29 is 9.84 Å². The number of ether oxygens (including phenoxy) is 1. The highest BCUT2D eigenvalue weighted by molar-refractivity contribution is 6.33. The molecule has 1 fully saturated rings. The molecule has 0 bridgehead atoms. The molecule has 0 spiro atoms. The highest BCUT2D eigenvalue weighted by Crippen LogP contribution is 2.31. The molecule has 1 aliphatic rings. The second-order valence-electron chi connectivity index (χ2n) is 4.27. The van der Waals surface area contributed by atoms with Gasteiger partial charge < -0.3 is 14.4 Å². The highest BCUT2D eigenvalue weighted by atomic mass is 35.5. The van der Waals surface area contributed by atoms with E-state index in [1.165, 1.54) is 6.33 Å². The van der Waals surface area contributed by atoms with Crippen molar-refractivity contribution in [1.29, 1.82) is 0 Å². The summed E-state index contributed by atoms with van der Waals surface area (Å²) < 4.78 is 7.59. The Hall–Kier alpha value is -1.24. The van der Waals surface area contributed by atoms with Gasteiger partial charge in [0, 0.05) is 13.2 Å². The standard InChI is InChI=1S/C11H13ClN4O2/c12-10-9-11(14-5-13-10)16(6-15-9)7-2-4-18-8(7)1-3-17/h5-8,17H,1-4H2/t7-,8-/m0/s1. The molecule has 3 heterocycles. The topological polar surface area (TPSA) is 73.1 Å². The quantitative estimate of drug-likeness (QED) is 0.847. The summed E-state index contributed by atoms with van der Waals surface area (Å²) in [6.45, 7) is 0.803. The summed E-state index contributed by atoms with van der Waals surface area (Å²) >= 11 is 5.98. The van der Waals surface area contributed by atoms with Gasteiger partial charge in [-0.25, -0.2) is 15.0 Å². The predicted molar refractivity (Wildman–Crippen MR) is 65.4 cm³/mol. The zero-order chi connectivity index (χ0) is 12.5. The zero-order valence-corrected chi connectivity index (χ0v) is 10.4. The molecular weight excluding hydrogens is 256 g/mol. The Morgan fingerprint density at radius 3 is 3.17 bits per heavy atom. The average Bonchev–Trinajstić information content (AvgIpc) is 2.96. The first-order valence-electron chi connectivity index (χ1n) is 5.86. The Bertz CT molecular complexity index is 559. The summed E-state index contributed by atoms with van der Waals surface area (Å²) in [5.41, 5.74) is 1.32. The van der Waals surface area contributed by atoms with E-state index in [9.17, 15) is 0 Å². The van der Waals surface area contributed by atoms with Gasteiger partial charge >= 0.3 is 0 Å². The van der Waals surface area contributed by atoms with Gasteiger partial charge in [0.2, 0.25) is 0 Å². The van der Waals surface area contributed by atoms with Gasteiger partial charge in [-0.15, -0.1) is 0 Å². The highest BCUT2D eigenvalue weighted by Gasteiger charge is 2.30. The number of fused-ring (bicyclic) bond motifs is 1. The minimum Gasteiger partial charge on any atom is -0.396 e. The minimum absolute atomic E-state index is 0.00106. The maximum absolute atomic E-state index is 9.05. The van der Waals surface area contributed by atoms with Crippen LogP contribution in [0.1, 0.15) is 18.9 Å². The monoisotopic (exact) mass is 268 g/mol. The molecule has 0 aromatic carbocycles. The summed E-state index contributed by atoms with van der Waals surface area (Å²) in [5.74, 6) is 0. The van der Waals surface area contributed by atoms with Gasteiger partial charge in [0.1, 0.15) is 11.8 Å². The lowest BCUT2D eigenvalue weighted by Gasteiger charge is -2.19. The predicted octanol–water partition coefficient (Wildman–Crippen LogP) is 1.19. The van der Waals surface area contributed by atoms with Gasteiger partial charge in [-0.3, -0.25) is 0 Å². The molecule has 0 saturated carbocycles. The molecule has 0 aliphatic carbocycles. The van der Waals surface area contributed by atoms with Crippen LogP contribution in [-0.2, 0) is 4.74 Å². The second-order valence-corrected chi connectivity index (χ2v) is 4.62. The molecule has 2 aromatic heterocycles. The number of nitrogens with zero attached hydrogens (tertiary/aromatic N) is 4. The fraction of sp³-hybridized carbons (Fsp3) is 0.545. The van der Waals surface area contributed by atoms with Crippen LogP contribution in [0.5, 0.6) is 0 Å². The van der Waals surface area contributed by atoms with Gasteiger partial charge in [-0.2, -0.15) is 0 Å². The van der Waals surface area contributed by atoms with Crippen LogP contribution in [0.25, 0.3) is 11.2 Å². The fourth-order valence-electron chi connectivity index (χ4n) is 2.42. The Morgan fingerprint density at radius 2 is 2.33 bits per heavy atom. The second kappa shape index (κ2) is 4.79. The van der Waals surface area contributed by atoms with E-state index in [4.69, 9.17) is 21.4 Å². The maximum atomic E-state index is 9.05. The van der Waals surface area contributed by atoms with Crippen molar-refractivity contribution in [3.8, 4) is 0 Å². The smallest absolute Gasteiger partial charge is 0.165 e. The molecule has 1 N–H and O–H groups in total. The van der Waals surface area contributed by atoms with Gasteiger partial charge in [0.05, 0.1) is 18.5 Å². The Balaban J connectivity index is 2.01. The van der Waals surface area contributed by atoms with Crippen LogP contribution in [0.3, 0.4) is 0 Å². The zero-order valence-electron chi connectivity index (χ0n) is 9.66. The third-order valence-corrected chi connectivity index (χ3v) is 3.54. The van der Waals surface area contributed by atoms with Crippen LogP contribution >= 0.6 is 11.6 Å². The number of hydrogen-bond donors (Lipinski definition) is 1.